The molecule has 0 saturated carbocycles. The zero-order valence-corrected chi connectivity index (χ0v) is 12.4. The van der Waals surface area contributed by atoms with Gasteiger partial charge in [-0.2, -0.15) is 5.10 Å². The largest absolute Gasteiger partial charge is 0.270 e. The minimum Gasteiger partial charge on any atom is -0.270 e. The van der Waals surface area contributed by atoms with Crippen LogP contribution in [0.15, 0.2) is 26.6 Å². The van der Waals surface area contributed by atoms with Gasteiger partial charge in [-0.1, -0.05) is 0 Å². The summed E-state index contributed by atoms with van der Waals surface area (Å²) in [7, 11) is 1.90. The minimum atomic E-state index is -0.0572. The molecule has 0 amide bonds. The summed E-state index contributed by atoms with van der Waals surface area (Å²) in [5.74, 6) is 5.62. The van der Waals surface area contributed by atoms with Gasteiger partial charge in [-0.05, 0) is 44.0 Å². The van der Waals surface area contributed by atoms with Crippen molar-refractivity contribution >= 4 is 43.2 Å². The Morgan fingerprint density at radius 1 is 1.50 bits per heavy atom. The number of aromatic nitrogens is 2. The molecule has 0 aliphatic heterocycles. The van der Waals surface area contributed by atoms with E-state index >= 15 is 0 Å². The van der Waals surface area contributed by atoms with Crippen LogP contribution in [0.5, 0.6) is 0 Å². The zero-order chi connectivity index (χ0) is 11.7. The van der Waals surface area contributed by atoms with Crippen LogP contribution in [0.3, 0.4) is 0 Å². The van der Waals surface area contributed by atoms with E-state index < -0.39 is 0 Å². The molecule has 16 heavy (non-hydrogen) atoms. The molecule has 2 rings (SSSR count). The van der Waals surface area contributed by atoms with Crippen molar-refractivity contribution in [2.24, 2.45) is 12.9 Å². The third-order valence-corrected chi connectivity index (χ3v) is 4.56. The summed E-state index contributed by atoms with van der Waals surface area (Å²) in [4.78, 5) is 1.14. The Bertz CT molecular complexity index is 474. The first-order chi connectivity index (χ1) is 7.63. The summed E-state index contributed by atoms with van der Waals surface area (Å²) in [6.45, 7) is 0. The number of aryl methyl sites for hydroxylation is 1. The summed E-state index contributed by atoms with van der Waals surface area (Å²) in [5.41, 5.74) is 3.83. The second-order valence-corrected chi connectivity index (χ2v) is 6.59. The van der Waals surface area contributed by atoms with E-state index in [0.29, 0.717) is 0 Å². The number of nitrogens with one attached hydrogen (secondary N) is 1. The van der Waals surface area contributed by atoms with E-state index in [2.05, 4.69) is 42.4 Å². The predicted octanol–water partition coefficient (Wildman–Crippen LogP) is 2.56. The van der Waals surface area contributed by atoms with E-state index in [4.69, 9.17) is 5.84 Å². The van der Waals surface area contributed by atoms with Crippen LogP contribution in [0, 0.1) is 0 Å². The van der Waals surface area contributed by atoms with Gasteiger partial charge in [0.25, 0.3) is 0 Å². The average molecular weight is 366 g/mol. The van der Waals surface area contributed by atoms with Gasteiger partial charge in [0.05, 0.1) is 26.2 Å². The molecule has 0 fully saturated rings. The van der Waals surface area contributed by atoms with Crippen molar-refractivity contribution in [3.63, 3.8) is 0 Å². The summed E-state index contributed by atoms with van der Waals surface area (Å²) in [5, 5.41) is 4.18. The smallest absolute Gasteiger partial charge is 0.0981 e. The Labute approximate surface area is 114 Å². The van der Waals surface area contributed by atoms with Crippen LogP contribution in [0.4, 0.5) is 0 Å². The number of halogens is 2. The van der Waals surface area contributed by atoms with Gasteiger partial charge >= 0.3 is 0 Å². The van der Waals surface area contributed by atoms with Crippen molar-refractivity contribution < 1.29 is 0 Å². The first-order valence-electron chi connectivity index (χ1n) is 4.52. The number of thiophene rings is 1. The van der Waals surface area contributed by atoms with E-state index in [-0.39, 0.29) is 6.04 Å². The first-order valence-corrected chi connectivity index (χ1v) is 6.92. The molecule has 0 bridgehead atoms. The van der Waals surface area contributed by atoms with Crippen LogP contribution in [0.1, 0.15) is 16.6 Å². The quantitative estimate of drug-likeness (QED) is 0.649. The van der Waals surface area contributed by atoms with Crippen LogP contribution in [-0.4, -0.2) is 9.78 Å². The maximum atomic E-state index is 5.62. The molecule has 1 atom stereocenters. The Morgan fingerprint density at radius 3 is 2.69 bits per heavy atom. The zero-order valence-electron chi connectivity index (χ0n) is 8.45. The number of hydrogen-bond donors (Lipinski definition) is 2. The molecule has 0 saturated heterocycles. The first kappa shape index (κ1) is 12.3. The maximum Gasteiger partial charge on any atom is 0.0981 e. The SMILES string of the molecule is Cn1ncc(Br)c1C(NN)c1ccc(Br)s1. The van der Waals surface area contributed by atoms with E-state index in [9.17, 15) is 0 Å². The molecule has 1 unspecified atom stereocenters. The van der Waals surface area contributed by atoms with Crippen LogP contribution in [0.2, 0.25) is 0 Å². The number of nitrogens with zero attached hydrogens (tertiary/aromatic N) is 2. The fraction of sp³-hybridized carbons (Fsp3) is 0.222. The predicted molar refractivity (Wildman–Crippen MR) is 72.1 cm³/mol. The van der Waals surface area contributed by atoms with Crippen molar-refractivity contribution in [3.8, 4) is 0 Å². The molecular weight excluding hydrogens is 356 g/mol. The van der Waals surface area contributed by atoms with Gasteiger partial charge < -0.3 is 0 Å². The third-order valence-electron chi connectivity index (χ3n) is 2.26. The van der Waals surface area contributed by atoms with E-state index in [0.717, 1.165) is 18.8 Å². The highest BCUT2D eigenvalue weighted by molar-refractivity contribution is 9.11. The summed E-state index contributed by atoms with van der Waals surface area (Å²) < 4.78 is 3.84. The lowest BCUT2D eigenvalue weighted by Gasteiger charge is -2.15. The highest BCUT2D eigenvalue weighted by atomic mass is 79.9. The van der Waals surface area contributed by atoms with E-state index in [1.807, 2.05) is 23.9 Å². The molecule has 2 heterocycles. The second kappa shape index (κ2) is 4.97. The second-order valence-electron chi connectivity index (χ2n) is 3.24. The number of hydrazine groups is 1. The molecule has 0 aliphatic rings. The van der Waals surface area contributed by atoms with Crippen LogP contribution in [0.25, 0.3) is 0 Å². The van der Waals surface area contributed by atoms with Crippen LogP contribution < -0.4 is 11.3 Å². The summed E-state index contributed by atoms with van der Waals surface area (Å²) >= 11 is 8.57. The highest BCUT2D eigenvalue weighted by Crippen LogP contribution is 2.33. The van der Waals surface area contributed by atoms with Gasteiger partial charge in [-0.3, -0.25) is 10.5 Å². The van der Waals surface area contributed by atoms with Crippen molar-refractivity contribution in [1.29, 1.82) is 0 Å². The molecule has 0 aromatic carbocycles. The molecule has 0 radical (unpaired) electrons. The van der Waals surface area contributed by atoms with Gasteiger partial charge in [-0.15, -0.1) is 11.3 Å². The molecule has 7 heteroatoms. The van der Waals surface area contributed by atoms with Crippen molar-refractivity contribution in [2.45, 2.75) is 6.04 Å². The molecule has 0 aliphatic carbocycles. The van der Waals surface area contributed by atoms with Crippen LogP contribution >= 0.6 is 43.2 Å². The molecule has 4 nitrogen and oxygen atoms in total. The minimum absolute atomic E-state index is 0.0572. The molecular formula is C9H10Br2N4S. The van der Waals surface area contributed by atoms with Gasteiger partial charge in [0.2, 0.25) is 0 Å². The topological polar surface area (TPSA) is 55.9 Å². The van der Waals surface area contributed by atoms with E-state index in [1.165, 1.54) is 0 Å². The normalized spacial score (nSPS) is 13.0. The molecule has 0 spiro atoms. The fourth-order valence-corrected chi connectivity index (χ4v) is 3.59. The van der Waals surface area contributed by atoms with Gasteiger partial charge in [-0.25, -0.2) is 5.43 Å². The van der Waals surface area contributed by atoms with Gasteiger partial charge in [0, 0.05) is 11.9 Å². The Morgan fingerprint density at radius 2 is 2.25 bits per heavy atom. The Hall–Kier alpha value is -0.210. The van der Waals surface area contributed by atoms with Crippen molar-refractivity contribution in [2.75, 3.05) is 0 Å². The highest BCUT2D eigenvalue weighted by Gasteiger charge is 2.20. The summed E-state index contributed by atoms with van der Waals surface area (Å²) in [6.07, 6.45) is 1.77. The van der Waals surface area contributed by atoms with Gasteiger partial charge in [0.1, 0.15) is 0 Å². The molecule has 3 N–H and O–H groups in total. The molecule has 2 aromatic heterocycles. The Balaban J connectivity index is 2.44. The van der Waals surface area contributed by atoms with Crippen molar-refractivity contribution in [3.05, 3.63) is 37.2 Å². The van der Waals surface area contributed by atoms with E-state index in [1.54, 1.807) is 17.5 Å². The Kier molecular flexibility index (Phi) is 3.81. The number of hydrogen-bond acceptors (Lipinski definition) is 4. The van der Waals surface area contributed by atoms with Crippen molar-refractivity contribution in [1.82, 2.24) is 15.2 Å². The summed E-state index contributed by atoms with van der Waals surface area (Å²) in [6, 6.07) is 3.99. The monoisotopic (exact) mass is 364 g/mol. The van der Waals surface area contributed by atoms with Gasteiger partial charge in [0.15, 0.2) is 0 Å². The lowest BCUT2D eigenvalue weighted by molar-refractivity contribution is 0.580. The average Bonchev–Trinajstić information content (AvgIpc) is 2.80. The number of rotatable bonds is 3. The molecule has 86 valence electrons. The molecule has 2 aromatic rings. The third kappa shape index (κ3) is 2.23. The standard InChI is InChI=1S/C9H10Br2N4S/c1-15-9(5(10)4-13-15)8(14-12)6-2-3-7(11)16-6/h2-4,8,14H,12H2,1H3. The maximum absolute atomic E-state index is 5.62. The fourth-order valence-electron chi connectivity index (χ4n) is 1.52. The van der Waals surface area contributed by atoms with Crippen LogP contribution in [-0.2, 0) is 7.05 Å². The number of nitrogens with two attached hydrogens (primary N) is 1. The lowest BCUT2D eigenvalue weighted by atomic mass is 10.2. The lowest BCUT2D eigenvalue weighted by Crippen LogP contribution is -2.30.